The number of phenolic OH excluding ortho intramolecular Hbond substituents is 1. The number of fused-ring (bicyclic) bond motifs is 1. The Balaban J connectivity index is 1.58. The first-order valence-corrected chi connectivity index (χ1v) is 9.24. The standard InChI is InChI=1S/C22H24N2O2/c25-22-18(14-24-11-4-5-12-24)13-19(20-9-6-10-23-21(20)22)16-26-15-17-7-2-1-3-8-17/h1-3,6-10,13,25H,4-5,11-12,14-16H2. The van der Waals surface area contributed by atoms with Crippen LogP contribution in [0, 0.1) is 0 Å². The predicted octanol–water partition coefficient (Wildman–Crippen LogP) is 4.25. The van der Waals surface area contributed by atoms with E-state index in [-0.39, 0.29) is 0 Å². The van der Waals surface area contributed by atoms with Crippen molar-refractivity contribution in [2.45, 2.75) is 32.6 Å². The molecule has 0 atom stereocenters. The lowest BCUT2D eigenvalue weighted by molar-refractivity contribution is 0.108. The maximum atomic E-state index is 10.7. The molecule has 2 aromatic carbocycles. The molecule has 134 valence electrons. The Morgan fingerprint density at radius 2 is 1.77 bits per heavy atom. The Morgan fingerprint density at radius 1 is 0.962 bits per heavy atom. The van der Waals surface area contributed by atoms with Gasteiger partial charge in [0.1, 0.15) is 11.3 Å². The minimum atomic E-state index is 0.305. The molecular formula is C22H24N2O2. The van der Waals surface area contributed by atoms with E-state index in [1.54, 1.807) is 6.20 Å². The van der Waals surface area contributed by atoms with Gasteiger partial charge in [0, 0.05) is 23.7 Å². The van der Waals surface area contributed by atoms with Crippen molar-refractivity contribution in [3.63, 3.8) is 0 Å². The highest BCUT2D eigenvalue weighted by Gasteiger charge is 2.17. The van der Waals surface area contributed by atoms with Crippen molar-refractivity contribution in [2.24, 2.45) is 0 Å². The SMILES string of the molecule is Oc1c(CN2CCCC2)cc(COCc2ccccc2)c2cccnc12. The van der Waals surface area contributed by atoms with Crippen LogP contribution in [0.3, 0.4) is 0 Å². The summed E-state index contributed by atoms with van der Waals surface area (Å²) < 4.78 is 5.96. The third-order valence-electron chi connectivity index (χ3n) is 4.99. The summed E-state index contributed by atoms with van der Waals surface area (Å²) in [5, 5.41) is 11.7. The summed E-state index contributed by atoms with van der Waals surface area (Å²) in [7, 11) is 0. The number of phenols is 1. The summed E-state index contributed by atoms with van der Waals surface area (Å²) in [6.45, 7) is 4.04. The van der Waals surface area contributed by atoms with Crippen LogP contribution in [-0.4, -0.2) is 28.1 Å². The molecule has 1 fully saturated rings. The maximum absolute atomic E-state index is 10.7. The molecule has 0 spiro atoms. The summed E-state index contributed by atoms with van der Waals surface area (Å²) in [4.78, 5) is 6.81. The molecule has 0 radical (unpaired) electrons. The number of pyridine rings is 1. The lowest BCUT2D eigenvalue weighted by Crippen LogP contribution is -2.18. The van der Waals surface area contributed by atoms with E-state index in [4.69, 9.17) is 4.74 Å². The quantitative estimate of drug-likeness (QED) is 0.723. The number of nitrogens with zero attached hydrogens (tertiary/aromatic N) is 2. The number of aromatic nitrogens is 1. The molecule has 1 aliphatic rings. The number of likely N-dealkylation sites (tertiary alicyclic amines) is 1. The summed E-state index contributed by atoms with van der Waals surface area (Å²) in [6, 6.07) is 16.2. The number of benzene rings is 2. The number of aromatic hydroxyl groups is 1. The van der Waals surface area contributed by atoms with Crippen LogP contribution < -0.4 is 0 Å². The van der Waals surface area contributed by atoms with Gasteiger partial charge in [0.25, 0.3) is 0 Å². The van der Waals surface area contributed by atoms with Crippen molar-refractivity contribution < 1.29 is 9.84 Å². The summed E-state index contributed by atoms with van der Waals surface area (Å²) >= 11 is 0. The zero-order chi connectivity index (χ0) is 17.8. The molecule has 26 heavy (non-hydrogen) atoms. The van der Waals surface area contributed by atoms with Gasteiger partial charge >= 0.3 is 0 Å². The van der Waals surface area contributed by atoms with E-state index < -0.39 is 0 Å². The van der Waals surface area contributed by atoms with Gasteiger partial charge in [0.2, 0.25) is 0 Å². The first-order chi connectivity index (χ1) is 12.8. The molecule has 2 heterocycles. The van der Waals surface area contributed by atoms with E-state index >= 15 is 0 Å². The maximum Gasteiger partial charge on any atom is 0.146 e. The lowest BCUT2D eigenvalue weighted by Gasteiger charge is -2.18. The predicted molar refractivity (Wildman–Crippen MR) is 103 cm³/mol. The molecule has 0 bridgehead atoms. The van der Waals surface area contributed by atoms with E-state index in [1.165, 1.54) is 12.8 Å². The smallest absolute Gasteiger partial charge is 0.146 e. The Hall–Kier alpha value is -2.43. The second-order valence-corrected chi connectivity index (χ2v) is 6.90. The van der Waals surface area contributed by atoms with Crippen LogP contribution in [0.5, 0.6) is 5.75 Å². The molecule has 1 aromatic heterocycles. The third-order valence-corrected chi connectivity index (χ3v) is 4.99. The fourth-order valence-electron chi connectivity index (χ4n) is 3.64. The van der Waals surface area contributed by atoms with Crippen LogP contribution in [-0.2, 0) is 24.5 Å². The van der Waals surface area contributed by atoms with Crippen molar-refractivity contribution in [2.75, 3.05) is 13.1 Å². The van der Waals surface area contributed by atoms with E-state index in [1.807, 2.05) is 30.3 Å². The first kappa shape index (κ1) is 17.0. The molecule has 0 amide bonds. The number of ether oxygens (including phenoxy) is 1. The average Bonchev–Trinajstić information content (AvgIpc) is 3.19. The van der Waals surface area contributed by atoms with E-state index in [0.29, 0.717) is 24.5 Å². The first-order valence-electron chi connectivity index (χ1n) is 9.24. The van der Waals surface area contributed by atoms with Crippen LogP contribution >= 0.6 is 0 Å². The van der Waals surface area contributed by atoms with Crippen LogP contribution in [0.2, 0.25) is 0 Å². The monoisotopic (exact) mass is 348 g/mol. The fourth-order valence-corrected chi connectivity index (χ4v) is 3.64. The molecule has 1 saturated heterocycles. The molecule has 1 aliphatic heterocycles. The van der Waals surface area contributed by atoms with Gasteiger partial charge in [-0.2, -0.15) is 0 Å². The van der Waals surface area contributed by atoms with Gasteiger partial charge in [-0.05, 0) is 49.2 Å². The van der Waals surface area contributed by atoms with Gasteiger partial charge in [-0.15, -0.1) is 0 Å². The normalized spacial score (nSPS) is 14.9. The summed E-state index contributed by atoms with van der Waals surface area (Å²) in [5.41, 5.74) is 3.85. The van der Waals surface area contributed by atoms with Gasteiger partial charge < -0.3 is 9.84 Å². The van der Waals surface area contributed by atoms with Crippen molar-refractivity contribution in [1.82, 2.24) is 9.88 Å². The topological polar surface area (TPSA) is 45.6 Å². The zero-order valence-electron chi connectivity index (χ0n) is 14.9. The van der Waals surface area contributed by atoms with E-state index in [2.05, 4.69) is 28.1 Å². The van der Waals surface area contributed by atoms with Crippen LogP contribution in [0.25, 0.3) is 10.9 Å². The Labute approximate surface area is 154 Å². The number of rotatable bonds is 6. The van der Waals surface area contributed by atoms with Crippen molar-refractivity contribution in [1.29, 1.82) is 0 Å². The third kappa shape index (κ3) is 3.71. The van der Waals surface area contributed by atoms with Gasteiger partial charge in [-0.3, -0.25) is 9.88 Å². The van der Waals surface area contributed by atoms with Crippen LogP contribution in [0.4, 0.5) is 0 Å². The van der Waals surface area contributed by atoms with Gasteiger partial charge in [-0.1, -0.05) is 36.4 Å². The van der Waals surface area contributed by atoms with Crippen molar-refractivity contribution in [3.8, 4) is 5.75 Å². The van der Waals surface area contributed by atoms with E-state index in [9.17, 15) is 5.11 Å². The van der Waals surface area contributed by atoms with E-state index in [0.717, 1.165) is 41.7 Å². The summed E-state index contributed by atoms with van der Waals surface area (Å²) in [6.07, 6.45) is 4.20. The van der Waals surface area contributed by atoms with Crippen LogP contribution in [0.1, 0.15) is 29.5 Å². The van der Waals surface area contributed by atoms with Gasteiger partial charge in [0.15, 0.2) is 0 Å². The second-order valence-electron chi connectivity index (χ2n) is 6.90. The lowest BCUT2D eigenvalue weighted by atomic mass is 10.0. The van der Waals surface area contributed by atoms with Crippen molar-refractivity contribution >= 4 is 10.9 Å². The second kappa shape index (κ2) is 7.85. The number of hydrogen-bond donors (Lipinski definition) is 1. The molecule has 4 heteroatoms. The Kier molecular flexibility index (Phi) is 5.14. The highest BCUT2D eigenvalue weighted by atomic mass is 16.5. The van der Waals surface area contributed by atoms with Crippen molar-refractivity contribution in [3.05, 3.63) is 71.4 Å². The van der Waals surface area contributed by atoms with Crippen LogP contribution in [0.15, 0.2) is 54.7 Å². The average molecular weight is 348 g/mol. The highest BCUT2D eigenvalue weighted by Crippen LogP contribution is 2.32. The molecule has 4 nitrogen and oxygen atoms in total. The Morgan fingerprint density at radius 3 is 2.58 bits per heavy atom. The highest BCUT2D eigenvalue weighted by molar-refractivity contribution is 5.88. The fraction of sp³-hybridized carbons (Fsp3) is 0.318. The Bertz CT molecular complexity index is 874. The van der Waals surface area contributed by atoms with Gasteiger partial charge in [-0.25, -0.2) is 0 Å². The molecule has 0 saturated carbocycles. The molecule has 0 unspecified atom stereocenters. The molecule has 0 aliphatic carbocycles. The summed E-state index contributed by atoms with van der Waals surface area (Å²) in [5.74, 6) is 0.305. The molecule has 4 rings (SSSR count). The minimum Gasteiger partial charge on any atom is -0.505 e. The number of hydrogen-bond acceptors (Lipinski definition) is 4. The van der Waals surface area contributed by atoms with Gasteiger partial charge in [0.05, 0.1) is 13.2 Å². The minimum absolute atomic E-state index is 0.305. The molecule has 1 N–H and O–H groups in total. The molecule has 3 aromatic rings. The molecular weight excluding hydrogens is 324 g/mol. The largest absolute Gasteiger partial charge is 0.505 e. The zero-order valence-corrected chi connectivity index (χ0v) is 14.9.